The van der Waals surface area contributed by atoms with Gasteiger partial charge >= 0.3 is 0 Å². The van der Waals surface area contributed by atoms with Crippen LogP contribution in [-0.4, -0.2) is 25.2 Å². The smallest absolute Gasteiger partial charge is 0.226 e. The van der Waals surface area contributed by atoms with Gasteiger partial charge in [-0.2, -0.15) is 0 Å². The second-order valence-corrected chi connectivity index (χ2v) is 5.19. The summed E-state index contributed by atoms with van der Waals surface area (Å²) in [5, 5.41) is 11.0. The Bertz CT molecular complexity index is 967. The van der Waals surface area contributed by atoms with Gasteiger partial charge in [-0.05, 0) is 46.8 Å². The van der Waals surface area contributed by atoms with Gasteiger partial charge in [0.25, 0.3) is 0 Å². The van der Waals surface area contributed by atoms with E-state index in [4.69, 9.17) is 9.15 Å². The fourth-order valence-corrected chi connectivity index (χ4v) is 2.25. The van der Waals surface area contributed by atoms with E-state index in [1.165, 1.54) is 29.4 Å². The summed E-state index contributed by atoms with van der Waals surface area (Å²) in [5.41, 5.74) is 2.12. The van der Waals surface area contributed by atoms with Gasteiger partial charge in [0.05, 0.1) is 5.69 Å². The number of ether oxygens (including phenoxy) is 1. The topological polar surface area (TPSA) is 78.9 Å². The molecule has 0 aliphatic heterocycles. The van der Waals surface area contributed by atoms with Crippen LogP contribution in [0.5, 0.6) is 5.75 Å². The highest BCUT2D eigenvalue weighted by atomic mass is 19.1. The molecule has 0 bridgehead atoms. The first kappa shape index (κ1) is 15.0. The van der Waals surface area contributed by atoms with Crippen molar-refractivity contribution < 1.29 is 13.5 Å². The Balaban J connectivity index is 1.45. The summed E-state index contributed by atoms with van der Waals surface area (Å²) in [5.74, 6) is 0.765. The van der Waals surface area contributed by atoms with E-state index >= 15 is 0 Å². The molecule has 0 aliphatic rings. The average molecular weight is 337 g/mol. The van der Waals surface area contributed by atoms with Crippen molar-refractivity contribution in [2.24, 2.45) is 0 Å². The molecule has 0 saturated heterocycles. The van der Waals surface area contributed by atoms with Gasteiger partial charge in [0.1, 0.15) is 36.5 Å². The summed E-state index contributed by atoms with van der Waals surface area (Å²) in [6, 6.07) is 13.3. The van der Waals surface area contributed by atoms with Crippen molar-refractivity contribution in [2.45, 2.75) is 6.61 Å². The highest BCUT2D eigenvalue weighted by Crippen LogP contribution is 2.21. The van der Waals surface area contributed by atoms with Crippen molar-refractivity contribution in [3.8, 4) is 22.9 Å². The average Bonchev–Trinajstić information content (AvgIpc) is 3.33. The summed E-state index contributed by atoms with van der Waals surface area (Å²) in [6.45, 7) is 0.240. The van der Waals surface area contributed by atoms with E-state index < -0.39 is 0 Å². The normalized spacial score (nSPS) is 10.8. The van der Waals surface area contributed by atoms with Crippen LogP contribution in [0.25, 0.3) is 17.1 Å². The second kappa shape index (κ2) is 6.52. The predicted octanol–water partition coefficient (Wildman–Crippen LogP) is 3.04. The van der Waals surface area contributed by atoms with Gasteiger partial charge in [-0.25, -0.2) is 14.1 Å². The number of tetrazole rings is 1. The van der Waals surface area contributed by atoms with E-state index in [1.54, 1.807) is 12.1 Å². The van der Waals surface area contributed by atoms with Crippen molar-refractivity contribution >= 4 is 0 Å². The van der Waals surface area contributed by atoms with Crippen LogP contribution >= 0.6 is 0 Å². The van der Waals surface area contributed by atoms with E-state index in [0.717, 1.165) is 5.69 Å². The molecule has 7 nitrogen and oxygen atoms in total. The molecule has 2 aromatic heterocycles. The number of benzene rings is 2. The van der Waals surface area contributed by atoms with Crippen LogP contribution in [0.2, 0.25) is 0 Å². The molecule has 0 unspecified atom stereocenters. The Labute approximate surface area is 141 Å². The SMILES string of the molecule is Fc1ccc(-c2nc(COc3cccc(-n4cnnn4)c3)co2)cc1. The van der Waals surface area contributed by atoms with Crippen LogP contribution < -0.4 is 4.74 Å². The minimum Gasteiger partial charge on any atom is -0.487 e. The van der Waals surface area contributed by atoms with E-state index in [2.05, 4.69) is 20.5 Å². The molecule has 0 saturated carbocycles. The van der Waals surface area contributed by atoms with Gasteiger partial charge < -0.3 is 9.15 Å². The molecule has 8 heteroatoms. The van der Waals surface area contributed by atoms with Gasteiger partial charge in [-0.1, -0.05) is 6.07 Å². The number of aromatic nitrogens is 5. The zero-order chi connectivity index (χ0) is 17.1. The van der Waals surface area contributed by atoms with Gasteiger partial charge in [0.15, 0.2) is 0 Å². The first-order chi connectivity index (χ1) is 12.3. The molecule has 0 spiro atoms. The number of nitrogens with zero attached hydrogens (tertiary/aromatic N) is 5. The molecule has 0 amide bonds. The van der Waals surface area contributed by atoms with Crippen LogP contribution in [0, 0.1) is 5.82 Å². The number of hydrogen-bond donors (Lipinski definition) is 0. The van der Waals surface area contributed by atoms with Crippen LogP contribution in [0.3, 0.4) is 0 Å². The van der Waals surface area contributed by atoms with Gasteiger partial charge in [-0.15, -0.1) is 5.10 Å². The van der Waals surface area contributed by atoms with E-state index in [-0.39, 0.29) is 12.4 Å². The van der Waals surface area contributed by atoms with Crippen molar-refractivity contribution in [3.05, 3.63) is 72.6 Å². The first-order valence-electron chi connectivity index (χ1n) is 7.44. The highest BCUT2D eigenvalue weighted by Gasteiger charge is 2.08. The molecule has 4 aromatic rings. The lowest BCUT2D eigenvalue weighted by atomic mass is 10.2. The summed E-state index contributed by atoms with van der Waals surface area (Å²) in [4.78, 5) is 4.35. The van der Waals surface area contributed by atoms with Crippen molar-refractivity contribution in [1.82, 2.24) is 25.2 Å². The molecule has 25 heavy (non-hydrogen) atoms. The van der Waals surface area contributed by atoms with E-state index in [9.17, 15) is 4.39 Å². The zero-order valence-electron chi connectivity index (χ0n) is 12.9. The standard InChI is InChI=1S/C17H12FN5O2/c18-13-6-4-12(5-7-13)17-20-14(10-25-17)9-24-16-3-1-2-15(8-16)23-11-19-21-22-23/h1-8,10-11H,9H2. The first-order valence-corrected chi connectivity index (χ1v) is 7.44. The zero-order valence-corrected chi connectivity index (χ0v) is 12.9. The quantitative estimate of drug-likeness (QED) is 0.557. The number of halogens is 1. The Morgan fingerprint density at radius 2 is 2.00 bits per heavy atom. The molecule has 0 atom stereocenters. The molecule has 0 radical (unpaired) electrons. The third kappa shape index (κ3) is 3.37. The van der Waals surface area contributed by atoms with Crippen molar-refractivity contribution in [2.75, 3.05) is 0 Å². The van der Waals surface area contributed by atoms with Crippen LogP contribution in [0.1, 0.15) is 5.69 Å². The van der Waals surface area contributed by atoms with E-state index in [0.29, 0.717) is 22.9 Å². The van der Waals surface area contributed by atoms with Crippen LogP contribution in [-0.2, 0) is 6.61 Å². The van der Waals surface area contributed by atoms with Crippen LogP contribution in [0.4, 0.5) is 4.39 Å². The molecule has 0 aliphatic carbocycles. The second-order valence-electron chi connectivity index (χ2n) is 5.19. The lowest BCUT2D eigenvalue weighted by Crippen LogP contribution is -1.98. The van der Waals surface area contributed by atoms with Crippen molar-refractivity contribution in [3.63, 3.8) is 0 Å². The van der Waals surface area contributed by atoms with E-state index in [1.807, 2.05) is 24.3 Å². The number of hydrogen-bond acceptors (Lipinski definition) is 6. The fourth-order valence-electron chi connectivity index (χ4n) is 2.25. The maximum Gasteiger partial charge on any atom is 0.226 e. The number of rotatable bonds is 5. The minimum absolute atomic E-state index is 0.240. The molecule has 0 fully saturated rings. The Morgan fingerprint density at radius 3 is 2.80 bits per heavy atom. The largest absolute Gasteiger partial charge is 0.487 e. The third-order valence-electron chi connectivity index (χ3n) is 3.46. The van der Waals surface area contributed by atoms with Crippen LogP contribution in [0.15, 0.2) is 65.5 Å². The predicted molar refractivity (Wildman–Crippen MR) is 85.4 cm³/mol. The van der Waals surface area contributed by atoms with Gasteiger partial charge in [-0.3, -0.25) is 0 Å². The third-order valence-corrected chi connectivity index (χ3v) is 3.46. The monoisotopic (exact) mass is 337 g/mol. The Hall–Kier alpha value is -3.55. The molecule has 2 aromatic carbocycles. The number of oxazole rings is 1. The summed E-state index contributed by atoms with van der Waals surface area (Å²) in [7, 11) is 0. The lowest BCUT2D eigenvalue weighted by molar-refractivity contribution is 0.301. The highest BCUT2D eigenvalue weighted by molar-refractivity contribution is 5.52. The van der Waals surface area contributed by atoms with Gasteiger partial charge in [0, 0.05) is 11.6 Å². The Morgan fingerprint density at radius 1 is 1.12 bits per heavy atom. The molecule has 0 N–H and O–H groups in total. The summed E-state index contributed by atoms with van der Waals surface area (Å²) in [6.07, 6.45) is 3.02. The molecular formula is C17H12FN5O2. The molecular weight excluding hydrogens is 325 g/mol. The summed E-state index contributed by atoms with van der Waals surface area (Å²) < 4.78 is 25.7. The van der Waals surface area contributed by atoms with Crippen molar-refractivity contribution in [1.29, 1.82) is 0 Å². The Kier molecular flexibility index (Phi) is 3.91. The molecule has 124 valence electrons. The van der Waals surface area contributed by atoms with Gasteiger partial charge in [0.2, 0.25) is 5.89 Å². The maximum absolute atomic E-state index is 13.0. The molecule has 4 rings (SSSR count). The fraction of sp³-hybridized carbons (Fsp3) is 0.0588. The molecule has 2 heterocycles. The minimum atomic E-state index is -0.304. The lowest BCUT2D eigenvalue weighted by Gasteiger charge is -2.05. The summed E-state index contributed by atoms with van der Waals surface area (Å²) >= 11 is 0. The maximum atomic E-state index is 13.0.